The maximum absolute atomic E-state index is 12.2. The Bertz CT molecular complexity index is 1240. The van der Waals surface area contributed by atoms with Gasteiger partial charge in [-0.25, -0.2) is 4.79 Å². The van der Waals surface area contributed by atoms with Gasteiger partial charge in [0, 0.05) is 23.4 Å². The molecule has 2 amide bonds. The maximum Gasteiger partial charge on any atom is 0.328 e. The first-order chi connectivity index (χ1) is 16.8. The van der Waals surface area contributed by atoms with Gasteiger partial charge in [0.1, 0.15) is 6.04 Å². The fourth-order valence-electron chi connectivity index (χ4n) is 2.78. The summed E-state index contributed by atoms with van der Waals surface area (Å²) in [5.74, 6) is -2.10. The monoisotopic (exact) mass is 475 g/mol. The normalized spacial score (nSPS) is 11.5. The number of nitrogens with one attached hydrogen (secondary N) is 2. The fourth-order valence-corrected chi connectivity index (χ4v) is 2.78. The third-order valence-electron chi connectivity index (χ3n) is 4.55. The molecule has 0 aromatic heterocycles. The highest BCUT2D eigenvalue weighted by atomic mass is 16.6. The zero-order chi connectivity index (χ0) is 25.2. The lowest BCUT2D eigenvalue weighted by atomic mass is 10.2. The van der Waals surface area contributed by atoms with Crippen molar-refractivity contribution in [2.75, 3.05) is 11.9 Å². The van der Waals surface area contributed by atoms with Gasteiger partial charge in [0.25, 0.3) is 17.5 Å². The third kappa shape index (κ3) is 7.56. The number of nitro benzene ring substituents is 1. The van der Waals surface area contributed by atoms with E-state index in [1.807, 2.05) is 30.3 Å². The molecule has 0 radical (unpaired) electrons. The standard InChI is InChI=1S/C24H21N5O6/c1-16(25-23(31)17-6-5-9-21(14-17)29(33)34)24(32)35-15-22(30)26-18-10-12-20(13-11-18)28-27-19-7-3-2-4-8-19/h2-14,16H,15H2,1H3,(H,25,31)(H,26,30)/t16-/m0/s1. The van der Waals surface area contributed by atoms with Gasteiger partial charge in [-0.3, -0.25) is 19.7 Å². The van der Waals surface area contributed by atoms with E-state index in [9.17, 15) is 24.5 Å². The van der Waals surface area contributed by atoms with Crippen molar-refractivity contribution < 1.29 is 24.0 Å². The van der Waals surface area contributed by atoms with Gasteiger partial charge in [0.2, 0.25) is 0 Å². The molecular weight excluding hydrogens is 454 g/mol. The summed E-state index contributed by atoms with van der Waals surface area (Å²) < 4.78 is 4.94. The van der Waals surface area contributed by atoms with Crippen molar-refractivity contribution in [1.82, 2.24) is 5.32 Å². The Morgan fingerprint density at radius 1 is 0.943 bits per heavy atom. The SMILES string of the molecule is C[C@H](NC(=O)c1cccc([N+](=O)[O-])c1)C(=O)OCC(=O)Nc1ccc(N=Nc2ccccc2)cc1. The van der Waals surface area contributed by atoms with Gasteiger partial charge in [-0.15, -0.1) is 0 Å². The number of esters is 1. The first-order valence-corrected chi connectivity index (χ1v) is 10.4. The van der Waals surface area contributed by atoms with Crippen LogP contribution in [-0.2, 0) is 14.3 Å². The molecule has 3 aromatic carbocycles. The summed E-state index contributed by atoms with van der Waals surface area (Å²) in [5, 5.41) is 24.0. The Morgan fingerprint density at radius 2 is 1.60 bits per heavy atom. The van der Waals surface area contributed by atoms with Gasteiger partial charge >= 0.3 is 5.97 Å². The largest absolute Gasteiger partial charge is 0.454 e. The van der Waals surface area contributed by atoms with Crippen LogP contribution < -0.4 is 10.6 Å². The minimum Gasteiger partial charge on any atom is -0.454 e. The van der Waals surface area contributed by atoms with Gasteiger partial charge in [0.15, 0.2) is 6.61 Å². The number of non-ortho nitro benzene ring substituents is 1. The molecule has 0 aliphatic rings. The number of ether oxygens (including phenoxy) is 1. The van der Waals surface area contributed by atoms with Crippen LogP contribution in [0.1, 0.15) is 17.3 Å². The number of nitrogens with zero attached hydrogens (tertiary/aromatic N) is 3. The van der Waals surface area contributed by atoms with Crippen LogP contribution in [0.5, 0.6) is 0 Å². The van der Waals surface area contributed by atoms with E-state index >= 15 is 0 Å². The van der Waals surface area contributed by atoms with Gasteiger partial charge < -0.3 is 15.4 Å². The highest BCUT2D eigenvalue weighted by Gasteiger charge is 2.20. The first-order valence-electron chi connectivity index (χ1n) is 10.4. The number of amides is 2. The van der Waals surface area contributed by atoms with E-state index in [2.05, 4.69) is 20.9 Å². The van der Waals surface area contributed by atoms with E-state index in [0.29, 0.717) is 17.1 Å². The van der Waals surface area contributed by atoms with Crippen LogP contribution in [0.3, 0.4) is 0 Å². The molecule has 0 fully saturated rings. The van der Waals surface area contributed by atoms with Crippen molar-refractivity contribution in [3.63, 3.8) is 0 Å². The van der Waals surface area contributed by atoms with Crippen LogP contribution in [0.2, 0.25) is 0 Å². The Kier molecular flexibility index (Phi) is 8.33. The van der Waals surface area contributed by atoms with Crippen LogP contribution in [0.25, 0.3) is 0 Å². The number of carbonyl (C=O) groups excluding carboxylic acids is 3. The van der Waals surface area contributed by atoms with Crippen molar-refractivity contribution in [2.24, 2.45) is 10.2 Å². The second-order valence-corrected chi connectivity index (χ2v) is 7.24. The second-order valence-electron chi connectivity index (χ2n) is 7.24. The van der Waals surface area contributed by atoms with Crippen LogP contribution >= 0.6 is 0 Å². The van der Waals surface area contributed by atoms with Crippen LogP contribution in [0, 0.1) is 10.1 Å². The number of anilines is 1. The summed E-state index contributed by atoms with van der Waals surface area (Å²) in [6, 6.07) is 19.8. The lowest BCUT2D eigenvalue weighted by Gasteiger charge is -2.13. The van der Waals surface area contributed by atoms with Gasteiger partial charge in [0.05, 0.1) is 16.3 Å². The topological polar surface area (TPSA) is 152 Å². The Labute approximate surface area is 200 Å². The zero-order valence-electron chi connectivity index (χ0n) is 18.6. The summed E-state index contributed by atoms with van der Waals surface area (Å²) in [6.45, 7) is 0.809. The molecule has 0 bridgehead atoms. The molecule has 3 rings (SSSR count). The number of azo groups is 1. The van der Waals surface area contributed by atoms with E-state index in [4.69, 9.17) is 4.74 Å². The predicted octanol–water partition coefficient (Wildman–Crippen LogP) is 4.31. The highest BCUT2D eigenvalue weighted by Crippen LogP contribution is 2.20. The molecule has 11 heteroatoms. The van der Waals surface area contributed by atoms with E-state index < -0.39 is 35.4 Å². The molecule has 0 heterocycles. The van der Waals surface area contributed by atoms with E-state index in [1.54, 1.807) is 24.3 Å². The molecule has 0 saturated heterocycles. The van der Waals surface area contributed by atoms with E-state index in [-0.39, 0.29) is 11.3 Å². The summed E-state index contributed by atoms with van der Waals surface area (Å²) in [5.41, 5.74) is 1.53. The van der Waals surface area contributed by atoms with Crippen molar-refractivity contribution in [2.45, 2.75) is 13.0 Å². The average Bonchev–Trinajstić information content (AvgIpc) is 2.87. The second kappa shape index (κ2) is 11.8. The van der Waals surface area contributed by atoms with E-state index in [1.165, 1.54) is 25.1 Å². The fraction of sp³-hybridized carbons (Fsp3) is 0.125. The van der Waals surface area contributed by atoms with Gasteiger partial charge in [-0.2, -0.15) is 10.2 Å². The third-order valence-corrected chi connectivity index (χ3v) is 4.55. The molecule has 0 spiro atoms. The Balaban J connectivity index is 1.45. The number of rotatable bonds is 9. The molecule has 178 valence electrons. The van der Waals surface area contributed by atoms with Crippen molar-refractivity contribution in [3.05, 3.63) is 94.5 Å². The van der Waals surface area contributed by atoms with Crippen LogP contribution in [0.15, 0.2) is 89.1 Å². The number of hydrogen-bond acceptors (Lipinski definition) is 8. The summed E-state index contributed by atoms with van der Waals surface area (Å²) in [6.07, 6.45) is 0. The quantitative estimate of drug-likeness (QED) is 0.204. The van der Waals surface area contributed by atoms with E-state index in [0.717, 1.165) is 6.07 Å². The molecule has 2 N–H and O–H groups in total. The number of hydrogen-bond donors (Lipinski definition) is 2. The highest BCUT2D eigenvalue weighted by molar-refractivity contribution is 5.98. The summed E-state index contributed by atoms with van der Waals surface area (Å²) >= 11 is 0. The number of benzene rings is 3. The zero-order valence-corrected chi connectivity index (χ0v) is 18.6. The number of carbonyl (C=O) groups is 3. The Morgan fingerprint density at radius 3 is 2.26 bits per heavy atom. The van der Waals surface area contributed by atoms with Gasteiger partial charge in [-0.1, -0.05) is 24.3 Å². The van der Waals surface area contributed by atoms with Gasteiger partial charge in [-0.05, 0) is 49.4 Å². The summed E-state index contributed by atoms with van der Waals surface area (Å²) in [4.78, 5) is 46.7. The maximum atomic E-state index is 12.2. The van der Waals surface area contributed by atoms with Crippen LogP contribution in [-0.4, -0.2) is 35.4 Å². The molecule has 11 nitrogen and oxygen atoms in total. The molecule has 3 aromatic rings. The average molecular weight is 475 g/mol. The lowest BCUT2D eigenvalue weighted by Crippen LogP contribution is -2.40. The minimum absolute atomic E-state index is 0.0170. The molecule has 1 atom stereocenters. The molecule has 35 heavy (non-hydrogen) atoms. The molecule has 0 saturated carbocycles. The van der Waals surface area contributed by atoms with Crippen LogP contribution in [0.4, 0.5) is 22.7 Å². The van der Waals surface area contributed by atoms with Crippen molar-refractivity contribution in [1.29, 1.82) is 0 Å². The van der Waals surface area contributed by atoms with Crippen molar-refractivity contribution in [3.8, 4) is 0 Å². The molecular formula is C24H21N5O6. The lowest BCUT2D eigenvalue weighted by molar-refractivity contribution is -0.384. The number of nitro groups is 1. The molecule has 0 aliphatic heterocycles. The smallest absolute Gasteiger partial charge is 0.328 e. The molecule has 0 unspecified atom stereocenters. The first kappa shape index (κ1) is 24.7. The minimum atomic E-state index is -1.08. The predicted molar refractivity (Wildman–Crippen MR) is 127 cm³/mol. The Hall–Kier alpha value is -4.93. The van der Waals surface area contributed by atoms with Crippen molar-refractivity contribution >= 4 is 40.5 Å². The molecule has 0 aliphatic carbocycles. The summed E-state index contributed by atoms with van der Waals surface area (Å²) in [7, 11) is 0.